The van der Waals surface area contributed by atoms with Crippen LogP contribution in [0.4, 0.5) is 0 Å². The first-order valence-electron chi connectivity index (χ1n) is 6.99. The fraction of sp³-hybridized carbons (Fsp3) is 0.500. The summed E-state index contributed by atoms with van der Waals surface area (Å²) in [6, 6.07) is 8.71. The Morgan fingerprint density at radius 2 is 2.11 bits per heavy atom. The Morgan fingerprint density at radius 3 is 2.83 bits per heavy atom. The Bertz CT molecular complexity index is 519. The number of rotatable bonds is 5. The van der Waals surface area contributed by atoms with Crippen molar-refractivity contribution in [2.24, 2.45) is 5.41 Å². The Kier molecular flexibility index (Phi) is 3.40. The lowest BCUT2D eigenvalue weighted by Gasteiger charge is -2.41. The molecule has 1 saturated carbocycles. The largest absolute Gasteiger partial charge is 0.312 e. The lowest BCUT2D eigenvalue weighted by Crippen LogP contribution is -2.39. The maximum Gasteiger partial charge on any atom is 0.0346 e. The summed E-state index contributed by atoms with van der Waals surface area (Å²) in [7, 11) is 0. The fourth-order valence-electron chi connectivity index (χ4n) is 2.96. The van der Waals surface area contributed by atoms with Gasteiger partial charge in [0.25, 0.3) is 0 Å². The smallest absolute Gasteiger partial charge is 0.0346 e. The quantitative estimate of drug-likeness (QED) is 0.829. The third kappa shape index (κ3) is 2.19. The summed E-state index contributed by atoms with van der Waals surface area (Å²) in [6.07, 6.45) is 5.59. The van der Waals surface area contributed by atoms with E-state index in [1.165, 1.54) is 47.9 Å². The molecule has 0 unspecified atom stereocenters. The highest BCUT2D eigenvalue weighted by atomic mass is 32.1. The molecule has 1 heterocycles. The first-order valence-corrected chi connectivity index (χ1v) is 7.87. The lowest BCUT2D eigenvalue weighted by molar-refractivity contribution is 0.124. The van der Waals surface area contributed by atoms with Gasteiger partial charge in [-0.25, -0.2) is 0 Å². The third-order valence-electron chi connectivity index (χ3n) is 4.54. The first-order chi connectivity index (χ1) is 8.83. The maximum absolute atomic E-state index is 3.68. The first kappa shape index (κ1) is 12.2. The second-order valence-electron chi connectivity index (χ2n) is 5.57. The molecule has 0 bridgehead atoms. The molecule has 0 amide bonds. The van der Waals surface area contributed by atoms with Gasteiger partial charge in [-0.2, -0.15) is 0 Å². The van der Waals surface area contributed by atoms with Gasteiger partial charge in [-0.1, -0.05) is 31.5 Å². The lowest BCUT2D eigenvalue weighted by atomic mass is 9.67. The monoisotopic (exact) mass is 259 g/mol. The Balaban J connectivity index is 1.63. The molecule has 0 aliphatic heterocycles. The summed E-state index contributed by atoms with van der Waals surface area (Å²) >= 11 is 1.86. The minimum atomic E-state index is 0.617. The van der Waals surface area contributed by atoms with Crippen molar-refractivity contribution in [3.05, 3.63) is 35.2 Å². The molecule has 1 aromatic carbocycles. The average molecular weight is 259 g/mol. The summed E-state index contributed by atoms with van der Waals surface area (Å²) in [5.41, 5.74) is 2.08. The highest BCUT2D eigenvalue weighted by molar-refractivity contribution is 7.17. The molecule has 18 heavy (non-hydrogen) atoms. The van der Waals surface area contributed by atoms with Crippen LogP contribution in [0.1, 0.15) is 38.2 Å². The van der Waals surface area contributed by atoms with Crippen molar-refractivity contribution >= 4 is 21.4 Å². The summed E-state index contributed by atoms with van der Waals surface area (Å²) < 4.78 is 1.41. The standard InChI is InChI=1S/C16H21NS/c1-2-16(8-5-9-16)12-17-10-13-11-18-15-7-4-3-6-14(13)15/h3-4,6-7,11,17H,2,5,8-10,12H2,1H3. The number of fused-ring (bicyclic) bond motifs is 1. The summed E-state index contributed by atoms with van der Waals surface area (Å²) in [4.78, 5) is 0. The summed E-state index contributed by atoms with van der Waals surface area (Å²) in [5.74, 6) is 0. The zero-order valence-corrected chi connectivity index (χ0v) is 11.9. The number of hydrogen-bond acceptors (Lipinski definition) is 2. The molecule has 1 aliphatic carbocycles. The fourth-order valence-corrected chi connectivity index (χ4v) is 3.93. The molecule has 1 nitrogen and oxygen atoms in total. The second-order valence-corrected chi connectivity index (χ2v) is 6.48. The van der Waals surface area contributed by atoms with Gasteiger partial charge in [-0.3, -0.25) is 0 Å². The maximum atomic E-state index is 3.68. The van der Waals surface area contributed by atoms with Crippen LogP contribution in [0.15, 0.2) is 29.6 Å². The van der Waals surface area contributed by atoms with Gasteiger partial charge in [0.05, 0.1) is 0 Å². The number of nitrogens with one attached hydrogen (secondary N) is 1. The number of thiophene rings is 1. The van der Waals surface area contributed by atoms with E-state index in [1.54, 1.807) is 0 Å². The van der Waals surface area contributed by atoms with E-state index in [9.17, 15) is 0 Å². The van der Waals surface area contributed by atoms with Crippen LogP contribution in [0.25, 0.3) is 10.1 Å². The molecule has 3 rings (SSSR count). The van der Waals surface area contributed by atoms with Gasteiger partial charge in [0.15, 0.2) is 0 Å². The van der Waals surface area contributed by atoms with Gasteiger partial charge in [-0.05, 0) is 47.1 Å². The van der Waals surface area contributed by atoms with Crippen LogP contribution in [0.5, 0.6) is 0 Å². The van der Waals surface area contributed by atoms with E-state index in [4.69, 9.17) is 0 Å². The van der Waals surface area contributed by atoms with Crippen LogP contribution < -0.4 is 5.32 Å². The van der Waals surface area contributed by atoms with Crippen molar-refractivity contribution in [1.29, 1.82) is 0 Å². The van der Waals surface area contributed by atoms with E-state index in [1.807, 2.05) is 11.3 Å². The number of hydrogen-bond donors (Lipinski definition) is 1. The topological polar surface area (TPSA) is 12.0 Å². The van der Waals surface area contributed by atoms with Crippen LogP contribution >= 0.6 is 11.3 Å². The minimum Gasteiger partial charge on any atom is -0.312 e. The molecule has 2 aromatic rings. The molecular formula is C16H21NS. The zero-order valence-electron chi connectivity index (χ0n) is 11.0. The SMILES string of the molecule is CCC1(CNCc2csc3ccccc23)CCC1. The number of benzene rings is 1. The van der Waals surface area contributed by atoms with E-state index in [-0.39, 0.29) is 0 Å². The van der Waals surface area contributed by atoms with Gasteiger partial charge < -0.3 is 5.32 Å². The zero-order chi connectivity index (χ0) is 12.4. The predicted molar refractivity (Wildman–Crippen MR) is 80.1 cm³/mol. The predicted octanol–water partition coefficient (Wildman–Crippen LogP) is 4.57. The molecule has 0 spiro atoms. The molecule has 1 aromatic heterocycles. The average Bonchev–Trinajstić information content (AvgIpc) is 2.76. The molecule has 0 saturated heterocycles. The molecule has 1 N–H and O–H groups in total. The summed E-state index contributed by atoms with van der Waals surface area (Å²) in [6.45, 7) is 4.54. The van der Waals surface area contributed by atoms with E-state index >= 15 is 0 Å². The normalized spacial score (nSPS) is 17.8. The van der Waals surface area contributed by atoms with Crippen molar-refractivity contribution in [3.63, 3.8) is 0 Å². The van der Waals surface area contributed by atoms with E-state index in [2.05, 4.69) is 41.9 Å². The highest BCUT2D eigenvalue weighted by Crippen LogP contribution is 2.43. The molecule has 1 aliphatic rings. The van der Waals surface area contributed by atoms with Crippen LogP contribution in [-0.4, -0.2) is 6.54 Å². The van der Waals surface area contributed by atoms with Gasteiger partial charge in [0.1, 0.15) is 0 Å². The van der Waals surface area contributed by atoms with Crippen LogP contribution in [0, 0.1) is 5.41 Å². The third-order valence-corrected chi connectivity index (χ3v) is 5.55. The molecule has 1 fully saturated rings. The van der Waals surface area contributed by atoms with Crippen LogP contribution in [-0.2, 0) is 6.54 Å². The molecule has 0 radical (unpaired) electrons. The second kappa shape index (κ2) is 5.02. The highest BCUT2D eigenvalue weighted by Gasteiger charge is 2.34. The van der Waals surface area contributed by atoms with Crippen molar-refractivity contribution < 1.29 is 0 Å². The van der Waals surface area contributed by atoms with Gasteiger partial charge in [0, 0.05) is 17.8 Å². The van der Waals surface area contributed by atoms with Crippen molar-refractivity contribution in [2.75, 3.05) is 6.54 Å². The molecular weight excluding hydrogens is 238 g/mol. The molecule has 96 valence electrons. The van der Waals surface area contributed by atoms with Crippen molar-refractivity contribution in [2.45, 2.75) is 39.2 Å². The van der Waals surface area contributed by atoms with E-state index in [0.29, 0.717) is 5.41 Å². The molecule has 2 heteroatoms. The van der Waals surface area contributed by atoms with E-state index < -0.39 is 0 Å². The van der Waals surface area contributed by atoms with Gasteiger partial charge in [0.2, 0.25) is 0 Å². The van der Waals surface area contributed by atoms with Crippen LogP contribution in [0.2, 0.25) is 0 Å². The molecule has 0 atom stereocenters. The Hall–Kier alpha value is -0.860. The van der Waals surface area contributed by atoms with Gasteiger partial charge >= 0.3 is 0 Å². The van der Waals surface area contributed by atoms with E-state index in [0.717, 1.165) is 6.54 Å². The van der Waals surface area contributed by atoms with Crippen molar-refractivity contribution in [1.82, 2.24) is 5.32 Å². The van der Waals surface area contributed by atoms with Crippen LogP contribution in [0.3, 0.4) is 0 Å². The van der Waals surface area contributed by atoms with Crippen molar-refractivity contribution in [3.8, 4) is 0 Å². The minimum absolute atomic E-state index is 0.617. The Morgan fingerprint density at radius 1 is 1.28 bits per heavy atom. The Labute approximate surface area is 113 Å². The van der Waals surface area contributed by atoms with Gasteiger partial charge in [-0.15, -0.1) is 11.3 Å². The summed E-state index contributed by atoms with van der Waals surface area (Å²) in [5, 5.41) is 7.41.